The Hall–Kier alpha value is -2.64. The minimum absolute atomic E-state index is 0.0123. The summed E-state index contributed by atoms with van der Waals surface area (Å²) in [7, 11) is 0. The Balaban J connectivity index is 1.92. The first-order chi connectivity index (χ1) is 10.7. The normalized spacial score (nSPS) is 11.9. The molecule has 3 rings (SSSR count). The van der Waals surface area contributed by atoms with E-state index in [0.29, 0.717) is 5.69 Å². The molecule has 3 aromatic rings. The molecule has 5 heteroatoms. The van der Waals surface area contributed by atoms with E-state index < -0.39 is 11.9 Å². The van der Waals surface area contributed by atoms with Crippen LogP contribution in [0, 0.1) is 17.1 Å². The first-order valence-corrected chi connectivity index (χ1v) is 7.01. The van der Waals surface area contributed by atoms with Gasteiger partial charge in [-0.15, -0.1) is 0 Å². The number of nitrogens with one attached hydrogen (secondary N) is 1. The van der Waals surface area contributed by atoms with Gasteiger partial charge in [-0.2, -0.15) is 5.26 Å². The lowest BCUT2D eigenvalue weighted by molar-refractivity contribution is 0.628. The van der Waals surface area contributed by atoms with Gasteiger partial charge in [0.05, 0.1) is 16.6 Å². The Morgan fingerprint density at radius 3 is 2.77 bits per heavy atom. The van der Waals surface area contributed by atoms with E-state index in [0.717, 1.165) is 16.5 Å². The number of fused-ring (bicyclic) bond motifs is 1. The topological polar surface area (TPSA) is 48.7 Å². The van der Waals surface area contributed by atoms with Crippen molar-refractivity contribution in [2.24, 2.45) is 0 Å². The van der Waals surface area contributed by atoms with Crippen molar-refractivity contribution in [1.29, 1.82) is 5.26 Å². The Bertz CT molecular complexity index is 873. The largest absolute Gasteiger partial charge is 0.366 e. The fourth-order valence-corrected chi connectivity index (χ4v) is 2.37. The summed E-state index contributed by atoms with van der Waals surface area (Å²) in [6.07, 6.45) is 1.66. The number of para-hydroxylation sites is 1. The van der Waals surface area contributed by atoms with E-state index in [1.165, 1.54) is 12.1 Å². The molecule has 1 aromatic heterocycles. The molecule has 22 heavy (non-hydrogen) atoms. The first kappa shape index (κ1) is 14.3. The summed E-state index contributed by atoms with van der Waals surface area (Å²) < 4.78 is 13.2. The van der Waals surface area contributed by atoms with Crippen LogP contribution in [0.5, 0.6) is 0 Å². The number of pyridine rings is 1. The second-order valence-electron chi connectivity index (χ2n) is 4.80. The van der Waals surface area contributed by atoms with Crippen LogP contribution < -0.4 is 5.32 Å². The highest BCUT2D eigenvalue weighted by Gasteiger charge is 2.12. The lowest BCUT2D eigenvalue weighted by atomic mass is 10.1. The lowest BCUT2D eigenvalue weighted by Crippen LogP contribution is -2.09. The van der Waals surface area contributed by atoms with Crippen LogP contribution in [0.4, 0.5) is 10.1 Å². The maximum absolute atomic E-state index is 13.2. The number of anilines is 1. The van der Waals surface area contributed by atoms with Crippen LogP contribution in [0.25, 0.3) is 10.9 Å². The molecule has 0 radical (unpaired) electrons. The highest BCUT2D eigenvalue weighted by molar-refractivity contribution is 6.31. The van der Waals surface area contributed by atoms with Crippen molar-refractivity contribution in [2.45, 2.75) is 6.04 Å². The van der Waals surface area contributed by atoms with Crippen molar-refractivity contribution in [3.8, 4) is 6.07 Å². The average Bonchev–Trinajstić information content (AvgIpc) is 2.55. The number of nitriles is 1. The molecule has 108 valence electrons. The third-order valence-corrected chi connectivity index (χ3v) is 3.59. The van der Waals surface area contributed by atoms with Gasteiger partial charge in [-0.3, -0.25) is 4.98 Å². The van der Waals surface area contributed by atoms with Gasteiger partial charge in [0.15, 0.2) is 0 Å². The molecule has 0 spiro atoms. The number of hydrogen-bond donors (Lipinski definition) is 1. The first-order valence-electron chi connectivity index (χ1n) is 6.63. The summed E-state index contributed by atoms with van der Waals surface area (Å²) >= 11 is 5.75. The van der Waals surface area contributed by atoms with Crippen LogP contribution in [-0.4, -0.2) is 4.98 Å². The standard InChI is InChI=1S/C17H11ClFN3/c18-14-8-13(5-6-15(14)19)22-17(9-20)12-7-11-3-1-2-4-16(11)21-10-12/h1-8,10,17,22H. The van der Waals surface area contributed by atoms with Gasteiger partial charge >= 0.3 is 0 Å². The molecule has 0 saturated heterocycles. The quantitative estimate of drug-likeness (QED) is 0.762. The van der Waals surface area contributed by atoms with Gasteiger partial charge in [-0.25, -0.2) is 4.39 Å². The van der Waals surface area contributed by atoms with E-state index in [1.54, 1.807) is 12.3 Å². The second kappa shape index (κ2) is 6.00. The summed E-state index contributed by atoms with van der Waals surface area (Å²) in [6.45, 7) is 0. The van der Waals surface area contributed by atoms with Crippen molar-refractivity contribution < 1.29 is 4.39 Å². The molecule has 2 aromatic carbocycles. The van der Waals surface area contributed by atoms with E-state index in [2.05, 4.69) is 16.4 Å². The van der Waals surface area contributed by atoms with Crippen LogP contribution in [0.2, 0.25) is 5.02 Å². The van der Waals surface area contributed by atoms with Crippen LogP contribution in [0.3, 0.4) is 0 Å². The minimum Gasteiger partial charge on any atom is -0.366 e. The van der Waals surface area contributed by atoms with Crippen molar-refractivity contribution in [1.82, 2.24) is 4.98 Å². The molecule has 0 amide bonds. The van der Waals surface area contributed by atoms with Gasteiger partial charge in [0.2, 0.25) is 0 Å². The summed E-state index contributed by atoms with van der Waals surface area (Å²) in [4.78, 5) is 4.35. The highest BCUT2D eigenvalue weighted by Crippen LogP contribution is 2.25. The molecule has 0 aliphatic carbocycles. The molecule has 0 fully saturated rings. The molecule has 0 aliphatic rings. The van der Waals surface area contributed by atoms with Crippen LogP contribution in [0.15, 0.2) is 54.7 Å². The molecule has 1 heterocycles. The Morgan fingerprint density at radius 2 is 2.00 bits per heavy atom. The van der Waals surface area contributed by atoms with Gasteiger partial charge in [0.1, 0.15) is 11.9 Å². The highest BCUT2D eigenvalue weighted by atomic mass is 35.5. The predicted octanol–water partition coefficient (Wildman–Crippen LogP) is 4.70. The van der Waals surface area contributed by atoms with Crippen LogP contribution in [-0.2, 0) is 0 Å². The lowest BCUT2D eigenvalue weighted by Gasteiger charge is -2.14. The predicted molar refractivity (Wildman–Crippen MR) is 85.1 cm³/mol. The van der Waals surface area contributed by atoms with Crippen LogP contribution >= 0.6 is 11.6 Å². The molecule has 0 saturated carbocycles. The third-order valence-electron chi connectivity index (χ3n) is 3.30. The summed E-state index contributed by atoms with van der Waals surface area (Å²) in [5, 5.41) is 13.4. The van der Waals surface area contributed by atoms with Gasteiger partial charge in [0, 0.05) is 22.8 Å². The smallest absolute Gasteiger partial charge is 0.141 e. The summed E-state index contributed by atoms with van der Waals surface area (Å²) in [5.41, 5.74) is 2.18. The third kappa shape index (κ3) is 2.85. The number of benzene rings is 2. The van der Waals surface area contributed by atoms with Gasteiger partial charge in [0.25, 0.3) is 0 Å². The molecular formula is C17H11ClFN3. The summed E-state index contributed by atoms with van der Waals surface area (Å²) in [5.74, 6) is -0.493. The van der Waals surface area contributed by atoms with Crippen molar-refractivity contribution in [3.63, 3.8) is 0 Å². The monoisotopic (exact) mass is 311 g/mol. The van der Waals surface area contributed by atoms with Crippen molar-refractivity contribution in [3.05, 3.63) is 71.1 Å². The van der Waals surface area contributed by atoms with Crippen LogP contribution in [0.1, 0.15) is 11.6 Å². The molecule has 1 unspecified atom stereocenters. The molecule has 1 N–H and O–H groups in total. The maximum atomic E-state index is 13.2. The van der Waals surface area contributed by atoms with Gasteiger partial charge < -0.3 is 5.32 Å². The fourth-order valence-electron chi connectivity index (χ4n) is 2.19. The molecular weight excluding hydrogens is 301 g/mol. The SMILES string of the molecule is N#CC(Nc1ccc(F)c(Cl)c1)c1cnc2ccccc2c1. The van der Waals surface area contributed by atoms with E-state index >= 15 is 0 Å². The average molecular weight is 312 g/mol. The number of halogens is 2. The van der Waals surface area contributed by atoms with E-state index in [4.69, 9.17) is 11.6 Å². The molecule has 0 bridgehead atoms. The minimum atomic E-state index is -0.598. The number of nitrogens with zero attached hydrogens (tertiary/aromatic N) is 2. The zero-order valence-corrected chi connectivity index (χ0v) is 12.2. The number of hydrogen-bond acceptors (Lipinski definition) is 3. The van der Waals surface area contributed by atoms with Gasteiger partial charge in [-0.1, -0.05) is 29.8 Å². The molecule has 0 aliphatic heterocycles. The fraction of sp³-hybridized carbons (Fsp3) is 0.0588. The molecule has 3 nitrogen and oxygen atoms in total. The maximum Gasteiger partial charge on any atom is 0.141 e. The zero-order chi connectivity index (χ0) is 15.5. The van der Waals surface area contributed by atoms with E-state index in [1.807, 2.05) is 30.3 Å². The zero-order valence-electron chi connectivity index (χ0n) is 11.4. The Kier molecular flexibility index (Phi) is 3.90. The van der Waals surface area contributed by atoms with E-state index in [-0.39, 0.29) is 5.02 Å². The molecule has 1 atom stereocenters. The second-order valence-corrected chi connectivity index (χ2v) is 5.20. The Labute approximate surface area is 132 Å². The number of aromatic nitrogens is 1. The van der Waals surface area contributed by atoms with Crippen molar-refractivity contribution >= 4 is 28.2 Å². The Morgan fingerprint density at radius 1 is 1.18 bits per heavy atom. The number of rotatable bonds is 3. The summed E-state index contributed by atoms with van der Waals surface area (Å²) in [6, 6.07) is 15.4. The van der Waals surface area contributed by atoms with Gasteiger partial charge in [-0.05, 0) is 30.3 Å². The van der Waals surface area contributed by atoms with E-state index in [9.17, 15) is 9.65 Å². The van der Waals surface area contributed by atoms with Crippen molar-refractivity contribution in [2.75, 3.05) is 5.32 Å².